The van der Waals surface area contributed by atoms with E-state index in [4.69, 9.17) is 57.3 Å². The van der Waals surface area contributed by atoms with Gasteiger partial charge in [-0.05, 0) is 28.3 Å². The van der Waals surface area contributed by atoms with Gasteiger partial charge in [-0.15, -0.1) is 0 Å². The number of benzene rings is 4. The average molecular weight is 1050 g/mol. The third kappa shape index (κ3) is 16.8. The fourth-order valence-corrected chi connectivity index (χ4v) is 6.50. The number of nitrogens with one attached hydrogen (secondary N) is 5. The van der Waals surface area contributed by atoms with Crippen LogP contribution in [0, 0.1) is 20.2 Å². The van der Waals surface area contributed by atoms with E-state index in [1.54, 1.807) is 30.3 Å². The van der Waals surface area contributed by atoms with E-state index in [1.165, 1.54) is 30.3 Å². The van der Waals surface area contributed by atoms with Gasteiger partial charge in [-0.1, -0.05) is 97.1 Å². The number of nitrogen functional groups attached to an aromatic ring is 1. The van der Waals surface area contributed by atoms with E-state index in [1.807, 2.05) is 52.4 Å². The molecule has 6 unspecified atom stereocenters. The van der Waals surface area contributed by atoms with Crippen molar-refractivity contribution in [2.75, 3.05) is 10.6 Å². The molecular weight excluding hydrogens is 1000 g/mol. The maximum Gasteiger partial charge on any atom is 0.299 e. The number of aliphatic imine (C=N–C) groups is 4. The number of aliphatic hydroxyl groups excluding tert-OH is 1. The van der Waals surface area contributed by atoms with Gasteiger partial charge < -0.3 is 93.9 Å². The number of aliphatic hydroxyl groups is 1. The maximum atomic E-state index is 14.3. The lowest BCUT2D eigenvalue weighted by Crippen LogP contribution is -2.58. The Kier molecular flexibility index (Phi) is 19.9. The highest BCUT2D eigenvalue weighted by Crippen LogP contribution is 2.38. The molecule has 0 bridgehead atoms. The van der Waals surface area contributed by atoms with E-state index in [0.29, 0.717) is 17.2 Å². The number of hydrogen-bond donors (Lipinski definition) is 16. The van der Waals surface area contributed by atoms with Crippen LogP contribution in [-0.2, 0) is 35.3 Å². The summed E-state index contributed by atoms with van der Waals surface area (Å²) in [6, 6.07) is 22.4. The molecule has 33 heteroatoms. The first-order valence-corrected chi connectivity index (χ1v) is 21.5. The topological polar surface area (TPSA) is 582 Å². The van der Waals surface area contributed by atoms with E-state index in [2.05, 4.69) is 30.6 Å². The molecule has 0 fully saturated rings. The molecule has 0 saturated heterocycles. The zero-order valence-electron chi connectivity index (χ0n) is 39.5. The number of primary amides is 1. The largest absolute Gasteiger partial charge is 0.393 e. The highest BCUT2D eigenvalue weighted by molar-refractivity contribution is 5.99. The first-order chi connectivity index (χ1) is 35.8. The lowest BCUT2D eigenvalue weighted by atomic mass is 10.1. The number of rotatable bonds is 24. The highest BCUT2D eigenvalue weighted by Gasteiger charge is 2.37. The third-order valence-electron chi connectivity index (χ3n) is 9.88. The highest BCUT2D eigenvalue weighted by atomic mass is 16.6. The van der Waals surface area contributed by atoms with Crippen molar-refractivity contribution >= 4 is 94.2 Å². The van der Waals surface area contributed by atoms with Crippen molar-refractivity contribution in [1.29, 1.82) is 0 Å². The number of nitro benzene ring substituents is 2. The Hall–Kier alpha value is -11.1. The van der Waals surface area contributed by atoms with Gasteiger partial charge in [0, 0.05) is 6.54 Å². The number of carbonyl (C=O) groups is 6. The predicted octanol–water partition coefficient (Wildman–Crippen LogP) is -5.21. The maximum absolute atomic E-state index is 14.3. The molecule has 26 N–H and O–H groups in total. The Balaban J connectivity index is 1.69. The van der Waals surface area contributed by atoms with Crippen LogP contribution in [0.1, 0.15) is 28.3 Å². The van der Waals surface area contributed by atoms with E-state index >= 15 is 0 Å². The number of hydrogen-bond acceptors (Lipinski definition) is 17. The Morgan fingerprint density at radius 1 is 0.539 bits per heavy atom. The van der Waals surface area contributed by atoms with Crippen LogP contribution < -0.4 is 88.8 Å². The summed E-state index contributed by atoms with van der Waals surface area (Å²) in [5.41, 5.74) is 53.8. The summed E-state index contributed by atoms with van der Waals surface area (Å²) in [4.78, 5) is 118. The molecular formula is C43H52N22O11. The van der Waals surface area contributed by atoms with Crippen LogP contribution in [0.5, 0.6) is 0 Å². The van der Waals surface area contributed by atoms with Gasteiger partial charge >= 0.3 is 0 Å². The van der Waals surface area contributed by atoms with Crippen LogP contribution in [0.15, 0.2) is 117 Å². The van der Waals surface area contributed by atoms with Gasteiger partial charge in [0.1, 0.15) is 17.4 Å². The summed E-state index contributed by atoms with van der Waals surface area (Å²) in [6.07, 6.45) is -7.30. The lowest BCUT2D eigenvalue weighted by Gasteiger charge is -2.30. The van der Waals surface area contributed by atoms with Crippen molar-refractivity contribution in [2.45, 2.75) is 43.5 Å². The van der Waals surface area contributed by atoms with Gasteiger partial charge in [0.2, 0.25) is 36.8 Å². The molecule has 0 spiro atoms. The van der Waals surface area contributed by atoms with Crippen LogP contribution in [0.2, 0.25) is 0 Å². The molecule has 4 aromatic rings. The van der Waals surface area contributed by atoms with Crippen LogP contribution in [0.3, 0.4) is 0 Å². The molecule has 0 aliphatic rings. The Morgan fingerprint density at radius 3 is 1.38 bits per heavy atom. The van der Waals surface area contributed by atoms with Crippen LogP contribution in [0.4, 0.5) is 22.7 Å². The van der Waals surface area contributed by atoms with E-state index in [0.717, 1.165) is 16.5 Å². The summed E-state index contributed by atoms with van der Waals surface area (Å²) in [5.74, 6) is -11.4. The zero-order chi connectivity index (χ0) is 56.4. The number of carbonyl (C=O) groups excluding carboxylic acids is 6. The number of nitrogens with zero attached hydrogens (tertiary/aromatic N) is 7. The first kappa shape index (κ1) is 57.5. The van der Waals surface area contributed by atoms with Crippen molar-refractivity contribution in [1.82, 2.24) is 26.6 Å². The molecule has 0 aromatic heterocycles. The minimum Gasteiger partial charge on any atom is -0.393 e. The summed E-state index contributed by atoms with van der Waals surface area (Å²) in [5, 5.41) is 46.6. The van der Waals surface area contributed by atoms with Gasteiger partial charge in [-0.2, -0.15) is 0 Å². The average Bonchev–Trinajstić information content (AvgIpc) is 3.35. The molecule has 0 aliphatic carbocycles. The first-order valence-electron chi connectivity index (χ1n) is 21.5. The minimum absolute atomic E-state index is 0.0131. The molecule has 4 rings (SSSR count). The van der Waals surface area contributed by atoms with Crippen molar-refractivity contribution in [3.05, 3.63) is 140 Å². The second kappa shape index (κ2) is 26.4. The van der Waals surface area contributed by atoms with Gasteiger partial charge in [0.05, 0.1) is 15.9 Å². The van der Waals surface area contributed by atoms with E-state index < -0.39 is 135 Å². The molecule has 0 saturated carbocycles. The number of amides is 6. The van der Waals surface area contributed by atoms with Crippen molar-refractivity contribution in [3.63, 3.8) is 0 Å². The summed E-state index contributed by atoms with van der Waals surface area (Å²) < 4.78 is 0. The number of anilines is 2. The minimum atomic E-state index is -2.45. The summed E-state index contributed by atoms with van der Waals surface area (Å²) in [6.45, 7) is -0.488. The molecule has 76 heavy (non-hydrogen) atoms. The normalized spacial score (nSPS) is 13.0. The fraction of sp³-hybridized carbons (Fsp3) is 0.163. The van der Waals surface area contributed by atoms with Crippen LogP contribution in [-0.4, -0.2) is 105 Å². The predicted molar refractivity (Wildman–Crippen MR) is 276 cm³/mol. The van der Waals surface area contributed by atoms with Crippen molar-refractivity contribution < 1.29 is 43.7 Å². The summed E-state index contributed by atoms with van der Waals surface area (Å²) in [7, 11) is 0. The Morgan fingerprint density at radius 2 is 0.947 bits per heavy atom. The van der Waals surface area contributed by atoms with Crippen molar-refractivity contribution in [3.8, 4) is 0 Å². The smallest absolute Gasteiger partial charge is 0.299 e. The number of guanidine groups is 4. The van der Waals surface area contributed by atoms with Gasteiger partial charge in [-0.25, -0.2) is 20.0 Å². The monoisotopic (exact) mass is 1050 g/mol. The van der Waals surface area contributed by atoms with Crippen molar-refractivity contribution in [2.24, 2.45) is 71.6 Å². The Labute approximate surface area is 428 Å². The number of nitro groups is 2. The van der Waals surface area contributed by atoms with E-state index in [-0.39, 0.29) is 5.56 Å². The molecule has 0 heterocycles. The Bertz CT molecular complexity index is 2960. The fourth-order valence-electron chi connectivity index (χ4n) is 6.50. The van der Waals surface area contributed by atoms with Gasteiger partial charge in [0.25, 0.3) is 40.9 Å². The third-order valence-corrected chi connectivity index (χ3v) is 9.88. The molecule has 6 atom stereocenters. The van der Waals surface area contributed by atoms with Gasteiger partial charge in [0.15, 0.2) is 23.8 Å². The summed E-state index contributed by atoms with van der Waals surface area (Å²) >= 11 is 0. The SMILES string of the molecule is NC(=O)C(N=C(N)N)NC(=O)C(N=C(N)N)NC(=O)C(N=C(N)N)NC(=O)C(N=C(N)N)NC(=O)C(NC(=O)C(O)N(Cc1ccc(C=Cc2ccccc2)cc1)c1cc(N)c([N+](=O)[O-])cc1[N+](=O)[O-])c1ccccc1. The second-order valence-corrected chi connectivity index (χ2v) is 15.5. The second-order valence-electron chi connectivity index (χ2n) is 15.5. The van der Waals surface area contributed by atoms with Crippen LogP contribution >= 0.6 is 0 Å². The molecule has 400 valence electrons. The standard InChI is InChI=1S/C43H52N22O11/c44-24-17-26(27(65(75)76)18-25(24)64(73)74)63(19-22-15-13-21(14-16-22)12-11-20-7-3-1-4-8-20)39(72)38(71)54-28(23-9-5-2-6-10-23)34(67)56-31(60-41(48)49)36(69)58-33(62-43(52)53)37(70)57-32(61-42(50)51)35(68)55-30(29(45)66)59-40(46)47/h1-18,28,30-33,39,72H,19,44H2,(H2,45,66)(H,54,71)(H,55,68)(H,56,67)(H,57,70)(H,58,69)(H4,46,47,59)(H4,48,49,60)(H4,50,51,61)(H4,52,53,62). The van der Waals surface area contributed by atoms with Crippen LogP contribution in [0.25, 0.3) is 12.2 Å². The molecule has 6 amide bonds. The van der Waals surface area contributed by atoms with E-state index in [9.17, 15) is 54.1 Å². The lowest BCUT2D eigenvalue weighted by molar-refractivity contribution is -0.393. The molecule has 0 aliphatic heterocycles. The molecule has 4 aromatic carbocycles. The number of nitrogens with two attached hydrogens (primary N) is 10. The zero-order valence-corrected chi connectivity index (χ0v) is 39.5. The van der Waals surface area contributed by atoms with Gasteiger partial charge in [-0.3, -0.25) is 49.0 Å². The molecule has 33 nitrogen and oxygen atoms in total. The molecule has 0 radical (unpaired) electrons. The quantitative estimate of drug-likeness (QED) is 0.00593.